The molecule has 4 rings (SSSR count). The van der Waals surface area contributed by atoms with Crippen LogP contribution in [0.25, 0.3) is 22.0 Å². The van der Waals surface area contributed by atoms with Gasteiger partial charge < -0.3 is 5.73 Å². The van der Waals surface area contributed by atoms with Gasteiger partial charge in [0.15, 0.2) is 5.82 Å². The van der Waals surface area contributed by atoms with Gasteiger partial charge in [0.05, 0.1) is 5.52 Å². The summed E-state index contributed by atoms with van der Waals surface area (Å²) < 4.78 is 1.36. The molecule has 0 saturated carbocycles. The summed E-state index contributed by atoms with van der Waals surface area (Å²) >= 11 is 0. The highest BCUT2D eigenvalue weighted by molar-refractivity contribution is 6.04. The number of rotatable bonds is 2. The number of hydrogen-bond donors (Lipinski definition) is 1. The molecule has 5 nitrogen and oxygen atoms in total. The minimum absolute atomic E-state index is 0.200. The van der Waals surface area contributed by atoms with Gasteiger partial charge in [-0.1, -0.05) is 24.3 Å². The summed E-state index contributed by atoms with van der Waals surface area (Å²) in [7, 11) is 0. The van der Waals surface area contributed by atoms with Crippen molar-refractivity contribution in [2.45, 2.75) is 0 Å². The lowest BCUT2D eigenvalue weighted by Gasteiger charge is -2.04. The highest BCUT2D eigenvalue weighted by atomic mass is 16.2. The second kappa shape index (κ2) is 5.62. The summed E-state index contributed by atoms with van der Waals surface area (Å²) in [6, 6.07) is 18.7. The van der Waals surface area contributed by atoms with Crippen LogP contribution in [0.3, 0.4) is 0 Å². The average molecular weight is 314 g/mol. The molecule has 2 heterocycles. The molecule has 0 saturated heterocycles. The van der Waals surface area contributed by atoms with Crippen LogP contribution in [0.1, 0.15) is 10.4 Å². The quantitative estimate of drug-likeness (QED) is 0.615. The first-order valence-electron chi connectivity index (χ1n) is 7.52. The first-order chi connectivity index (χ1) is 11.7. The average Bonchev–Trinajstić information content (AvgIpc) is 2.99. The van der Waals surface area contributed by atoms with Crippen molar-refractivity contribution >= 4 is 22.6 Å². The van der Waals surface area contributed by atoms with E-state index in [1.54, 1.807) is 24.5 Å². The third kappa shape index (κ3) is 2.32. The molecule has 0 spiro atoms. The zero-order valence-corrected chi connectivity index (χ0v) is 12.8. The molecule has 24 heavy (non-hydrogen) atoms. The second-order valence-electron chi connectivity index (χ2n) is 5.44. The smallest absolute Gasteiger partial charge is 0.278 e. The summed E-state index contributed by atoms with van der Waals surface area (Å²) in [6.07, 6.45) is 3.48. The van der Waals surface area contributed by atoms with Crippen molar-refractivity contribution in [3.8, 4) is 11.1 Å². The summed E-state index contributed by atoms with van der Waals surface area (Å²) in [5.74, 6) is 0.138. The Morgan fingerprint density at radius 2 is 1.67 bits per heavy atom. The topological polar surface area (TPSA) is 73.8 Å². The van der Waals surface area contributed by atoms with Crippen molar-refractivity contribution in [2.75, 3.05) is 5.73 Å². The number of carbonyl (C=O) groups is 1. The van der Waals surface area contributed by atoms with Crippen LogP contribution in [0.4, 0.5) is 5.82 Å². The van der Waals surface area contributed by atoms with E-state index in [-0.39, 0.29) is 5.91 Å². The number of nitrogens with zero attached hydrogens (tertiary/aromatic N) is 3. The number of pyridine rings is 1. The number of aromatic nitrogens is 3. The number of carbonyl (C=O) groups excluding carboxylic acids is 1. The molecule has 0 amide bonds. The van der Waals surface area contributed by atoms with Crippen LogP contribution in [-0.4, -0.2) is 20.7 Å². The third-order valence-corrected chi connectivity index (χ3v) is 3.94. The van der Waals surface area contributed by atoms with Crippen LogP contribution in [0.5, 0.6) is 0 Å². The normalized spacial score (nSPS) is 10.8. The molecule has 0 unspecified atom stereocenters. The lowest BCUT2D eigenvalue weighted by atomic mass is 10.1. The molecule has 4 aromatic rings. The Kier molecular flexibility index (Phi) is 3.31. The maximum Gasteiger partial charge on any atom is 0.278 e. The number of nitrogens with two attached hydrogens (primary N) is 1. The van der Waals surface area contributed by atoms with Gasteiger partial charge in [-0.3, -0.25) is 9.78 Å². The maximum absolute atomic E-state index is 12.7. The van der Waals surface area contributed by atoms with Crippen molar-refractivity contribution in [1.82, 2.24) is 14.8 Å². The Morgan fingerprint density at radius 3 is 2.42 bits per heavy atom. The Morgan fingerprint density at radius 1 is 0.917 bits per heavy atom. The fourth-order valence-electron chi connectivity index (χ4n) is 2.72. The molecule has 2 aromatic carbocycles. The molecule has 0 aliphatic rings. The zero-order valence-electron chi connectivity index (χ0n) is 12.8. The predicted molar refractivity (Wildman–Crippen MR) is 93.5 cm³/mol. The molecule has 0 aliphatic heterocycles. The molecule has 5 heteroatoms. The van der Waals surface area contributed by atoms with Gasteiger partial charge in [-0.25, -0.2) is 0 Å². The maximum atomic E-state index is 12.7. The Bertz CT molecular complexity index is 1020. The minimum Gasteiger partial charge on any atom is -0.382 e. The van der Waals surface area contributed by atoms with E-state index < -0.39 is 0 Å². The van der Waals surface area contributed by atoms with Gasteiger partial charge in [0.1, 0.15) is 0 Å². The molecule has 116 valence electrons. The van der Waals surface area contributed by atoms with Gasteiger partial charge >= 0.3 is 0 Å². The lowest BCUT2D eigenvalue weighted by Crippen LogP contribution is -2.13. The SMILES string of the molecule is Nc1nn(C(=O)c2ccccc2)c2ccc(-c3ccncc3)cc12. The molecule has 2 aromatic heterocycles. The fraction of sp³-hybridized carbons (Fsp3) is 0. The molecule has 0 atom stereocenters. The third-order valence-electron chi connectivity index (χ3n) is 3.94. The number of benzene rings is 2. The molecular weight excluding hydrogens is 300 g/mol. The highest BCUT2D eigenvalue weighted by Gasteiger charge is 2.16. The number of fused-ring (bicyclic) bond motifs is 1. The van der Waals surface area contributed by atoms with E-state index in [0.29, 0.717) is 16.9 Å². The van der Waals surface area contributed by atoms with E-state index in [0.717, 1.165) is 16.5 Å². The largest absolute Gasteiger partial charge is 0.382 e. The van der Waals surface area contributed by atoms with E-state index in [1.807, 2.05) is 48.5 Å². The van der Waals surface area contributed by atoms with E-state index in [9.17, 15) is 4.79 Å². The summed E-state index contributed by atoms with van der Waals surface area (Å²) in [4.78, 5) is 16.7. The van der Waals surface area contributed by atoms with Crippen LogP contribution in [0.15, 0.2) is 73.1 Å². The van der Waals surface area contributed by atoms with Crippen molar-refractivity contribution in [1.29, 1.82) is 0 Å². The fourth-order valence-corrected chi connectivity index (χ4v) is 2.72. The molecular formula is C19H14N4O. The first-order valence-corrected chi connectivity index (χ1v) is 7.52. The number of nitrogen functional groups attached to an aromatic ring is 1. The molecule has 0 radical (unpaired) electrons. The van der Waals surface area contributed by atoms with Crippen LogP contribution < -0.4 is 5.73 Å². The first kappa shape index (κ1) is 14.1. The van der Waals surface area contributed by atoms with Gasteiger partial charge in [-0.2, -0.15) is 4.68 Å². The van der Waals surface area contributed by atoms with Crippen molar-refractivity contribution in [2.24, 2.45) is 0 Å². The monoisotopic (exact) mass is 314 g/mol. The van der Waals surface area contributed by atoms with Crippen molar-refractivity contribution in [3.63, 3.8) is 0 Å². The van der Waals surface area contributed by atoms with Gasteiger partial charge in [0, 0.05) is 23.3 Å². The van der Waals surface area contributed by atoms with Crippen LogP contribution >= 0.6 is 0 Å². The predicted octanol–water partition coefficient (Wildman–Crippen LogP) is 3.37. The van der Waals surface area contributed by atoms with E-state index in [1.165, 1.54) is 4.68 Å². The van der Waals surface area contributed by atoms with Crippen molar-refractivity contribution < 1.29 is 4.79 Å². The zero-order chi connectivity index (χ0) is 16.5. The van der Waals surface area contributed by atoms with Gasteiger partial charge in [-0.15, -0.1) is 5.10 Å². The van der Waals surface area contributed by atoms with Crippen molar-refractivity contribution in [3.05, 3.63) is 78.6 Å². The second-order valence-corrected chi connectivity index (χ2v) is 5.44. The Balaban J connectivity index is 1.84. The number of anilines is 1. The molecule has 0 aliphatic carbocycles. The van der Waals surface area contributed by atoms with Crippen LogP contribution in [-0.2, 0) is 0 Å². The van der Waals surface area contributed by atoms with Gasteiger partial charge in [0.2, 0.25) is 0 Å². The standard InChI is InChI=1S/C19H14N4O/c20-18-16-12-15(13-8-10-21-11-9-13)6-7-17(16)23(22-18)19(24)14-4-2-1-3-5-14/h1-12H,(H2,20,22). The number of hydrogen-bond acceptors (Lipinski definition) is 4. The Hall–Kier alpha value is -3.47. The summed E-state index contributed by atoms with van der Waals surface area (Å²) in [6.45, 7) is 0. The highest BCUT2D eigenvalue weighted by Crippen LogP contribution is 2.27. The van der Waals surface area contributed by atoms with E-state index in [2.05, 4.69) is 10.1 Å². The molecule has 0 bridgehead atoms. The van der Waals surface area contributed by atoms with E-state index in [4.69, 9.17) is 5.73 Å². The molecule has 0 fully saturated rings. The lowest BCUT2D eigenvalue weighted by molar-refractivity contribution is 0.0951. The van der Waals surface area contributed by atoms with Gasteiger partial charge in [0.25, 0.3) is 5.91 Å². The van der Waals surface area contributed by atoms with E-state index >= 15 is 0 Å². The van der Waals surface area contributed by atoms with Crippen LogP contribution in [0.2, 0.25) is 0 Å². The van der Waals surface area contributed by atoms with Gasteiger partial charge in [-0.05, 0) is 47.5 Å². The minimum atomic E-state index is -0.200. The Labute approximate surface area is 138 Å². The summed E-state index contributed by atoms with van der Waals surface area (Å²) in [5, 5.41) is 4.99. The summed E-state index contributed by atoms with van der Waals surface area (Å²) in [5.41, 5.74) is 9.35. The van der Waals surface area contributed by atoms with Crippen LogP contribution in [0, 0.1) is 0 Å². The molecule has 2 N–H and O–H groups in total.